The van der Waals surface area contributed by atoms with Crippen LogP contribution in [0.5, 0.6) is 0 Å². The van der Waals surface area contributed by atoms with E-state index in [1.165, 1.54) is 12.1 Å². The SMILES string of the molecule is CN1CCSCC1C(O)c1ccc(F)cc1. The fraction of sp³-hybridized carbons (Fsp3) is 0.500. The molecule has 1 heterocycles. The Bertz CT molecular complexity index is 343. The number of rotatable bonds is 2. The first kappa shape index (κ1) is 11.9. The Morgan fingerprint density at radius 2 is 2.12 bits per heavy atom. The van der Waals surface area contributed by atoms with Gasteiger partial charge in [-0.3, -0.25) is 4.90 Å². The third-order valence-electron chi connectivity index (χ3n) is 3.02. The van der Waals surface area contributed by atoms with E-state index in [2.05, 4.69) is 4.90 Å². The van der Waals surface area contributed by atoms with Gasteiger partial charge in [0.05, 0.1) is 6.10 Å². The average Bonchev–Trinajstić information content (AvgIpc) is 2.30. The van der Waals surface area contributed by atoms with Crippen LogP contribution in [-0.2, 0) is 0 Å². The summed E-state index contributed by atoms with van der Waals surface area (Å²) < 4.78 is 12.8. The molecule has 0 aromatic heterocycles. The average molecular weight is 241 g/mol. The van der Waals surface area contributed by atoms with E-state index < -0.39 is 6.10 Å². The topological polar surface area (TPSA) is 23.5 Å². The van der Waals surface area contributed by atoms with Gasteiger partial charge in [0.2, 0.25) is 0 Å². The number of nitrogens with zero attached hydrogens (tertiary/aromatic N) is 1. The molecule has 1 saturated heterocycles. The van der Waals surface area contributed by atoms with E-state index in [4.69, 9.17) is 0 Å². The standard InChI is InChI=1S/C12H16FNOS/c1-14-6-7-16-8-11(14)12(15)9-2-4-10(13)5-3-9/h2-5,11-12,15H,6-8H2,1H3. The normalized spacial score (nSPS) is 24.3. The largest absolute Gasteiger partial charge is 0.387 e. The number of thioether (sulfide) groups is 1. The van der Waals surface area contributed by atoms with Crippen molar-refractivity contribution in [1.82, 2.24) is 4.90 Å². The van der Waals surface area contributed by atoms with Crippen LogP contribution in [0.3, 0.4) is 0 Å². The highest BCUT2D eigenvalue weighted by atomic mass is 32.2. The molecule has 0 bridgehead atoms. The molecule has 16 heavy (non-hydrogen) atoms. The van der Waals surface area contributed by atoms with Crippen LogP contribution in [0.15, 0.2) is 24.3 Å². The fourth-order valence-electron chi connectivity index (χ4n) is 1.92. The lowest BCUT2D eigenvalue weighted by atomic mass is 10.0. The van der Waals surface area contributed by atoms with E-state index in [1.54, 1.807) is 12.1 Å². The molecular weight excluding hydrogens is 225 g/mol. The zero-order chi connectivity index (χ0) is 11.5. The summed E-state index contributed by atoms with van der Waals surface area (Å²) in [7, 11) is 2.02. The molecule has 1 fully saturated rings. The van der Waals surface area contributed by atoms with Crippen molar-refractivity contribution < 1.29 is 9.50 Å². The summed E-state index contributed by atoms with van der Waals surface area (Å²) in [6.07, 6.45) is -0.529. The Hall–Kier alpha value is -0.580. The second kappa shape index (κ2) is 5.17. The smallest absolute Gasteiger partial charge is 0.123 e. The molecule has 1 aliphatic heterocycles. The highest BCUT2D eigenvalue weighted by Crippen LogP contribution is 2.26. The summed E-state index contributed by atoms with van der Waals surface area (Å²) in [4.78, 5) is 2.17. The van der Waals surface area contributed by atoms with Crippen molar-refractivity contribution in [3.05, 3.63) is 35.6 Å². The summed E-state index contributed by atoms with van der Waals surface area (Å²) in [6, 6.07) is 6.24. The molecule has 2 atom stereocenters. The Kier molecular flexibility index (Phi) is 3.84. The quantitative estimate of drug-likeness (QED) is 0.855. The highest BCUT2D eigenvalue weighted by Gasteiger charge is 2.27. The van der Waals surface area contributed by atoms with Gasteiger partial charge in [-0.25, -0.2) is 4.39 Å². The van der Waals surface area contributed by atoms with Crippen molar-refractivity contribution >= 4 is 11.8 Å². The number of likely N-dealkylation sites (N-methyl/N-ethyl adjacent to an activating group) is 1. The monoisotopic (exact) mass is 241 g/mol. The summed E-state index contributed by atoms with van der Waals surface area (Å²) in [6.45, 7) is 0.994. The van der Waals surface area contributed by atoms with E-state index in [1.807, 2.05) is 18.8 Å². The van der Waals surface area contributed by atoms with Crippen LogP contribution < -0.4 is 0 Å². The third kappa shape index (κ3) is 2.56. The second-order valence-corrected chi connectivity index (χ2v) is 5.27. The van der Waals surface area contributed by atoms with Gasteiger partial charge in [-0.15, -0.1) is 0 Å². The lowest BCUT2D eigenvalue weighted by Crippen LogP contribution is -2.43. The van der Waals surface area contributed by atoms with E-state index in [9.17, 15) is 9.50 Å². The Morgan fingerprint density at radius 1 is 1.44 bits per heavy atom. The van der Waals surface area contributed by atoms with Crippen LogP contribution in [0.1, 0.15) is 11.7 Å². The molecule has 1 aromatic rings. The predicted molar refractivity (Wildman–Crippen MR) is 65.1 cm³/mol. The molecule has 0 radical (unpaired) electrons. The van der Waals surface area contributed by atoms with Gasteiger partial charge < -0.3 is 5.11 Å². The van der Waals surface area contributed by atoms with Crippen molar-refractivity contribution in [3.8, 4) is 0 Å². The van der Waals surface area contributed by atoms with Crippen LogP contribution in [0.2, 0.25) is 0 Å². The minimum absolute atomic E-state index is 0.129. The van der Waals surface area contributed by atoms with Crippen LogP contribution in [-0.4, -0.2) is 41.1 Å². The summed E-state index contributed by atoms with van der Waals surface area (Å²) in [5, 5.41) is 10.2. The predicted octanol–water partition coefficient (Wildman–Crippen LogP) is 1.91. The molecule has 4 heteroatoms. The number of hydrogen-bond donors (Lipinski definition) is 1. The summed E-state index contributed by atoms with van der Waals surface area (Å²) in [5.74, 6) is 1.78. The maximum Gasteiger partial charge on any atom is 0.123 e. The number of hydrogen-bond acceptors (Lipinski definition) is 3. The Morgan fingerprint density at radius 3 is 2.75 bits per heavy atom. The van der Waals surface area contributed by atoms with Crippen LogP contribution in [0.4, 0.5) is 4.39 Å². The van der Waals surface area contributed by atoms with Gasteiger partial charge in [-0.2, -0.15) is 11.8 Å². The molecule has 88 valence electrons. The molecule has 1 N–H and O–H groups in total. The molecule has 0 amide bonds. The number of aliphatic hydroxyl groups is 1. The number of benzene rings is 1. The van der Waals surface area contributed by atoms with Crippen molar-refractivity contribution in [3.63, 3.8) is 0 Å². The molecule has 2 nitrogen and oxygen atoms in total. The van der Waals surface area contributed by atoms with Crippen molar-refractivity contribution in [1.29, 1.82) is 0 Å². The minimum Gasteiger partial charge on any atom is -0.387 e. The van der Waals surface area contributed by atoms with Gasteiger partial charge in [0.15, 0.2) is 0 Å². The molecule has 2 unspecified atom stereocenters. The van der Waals surface area contributed by atoms with E-state index in [0.29, 0.717) is 0 Å². The van der Waals surface area contributed by atoms with Gasteiger partial charge in [0, 0.05) is 24.1 Å². The summed E-state index contributed by atoms with van der Waals surface area (Å²) >= 11 is 1.86. The lowest BCUT2D eigenvalue weighted by Gasteiger charge is -2.35. The zero-order valence-corrected chi connectivity index (χ0v) is 10.1. The first-order valence-corrected chi connectivity index (χ1v) is 6.55. The first-order valence-electron chi connectivity index (χ1n) is 5.40. The van der Waals surface area contributed by atoms with Gasteiger partial charge in [0.1, 0.15) is 5.82 Å². The van der Waals surface area contributed by atoms with Crippen LogP contribution in [0, 0.1) is 5.82 Å². The van der Waals surface area contributed by atoms with Gasteiger partial charge in [-0.1, -0.05) is 12.1 Å². The van der Waals surface area contributed by atoms with Crippen LogP contribution in [0.25, 0.3) is 0 Å². The molecule has 2 rings (SSSR count). The van der Waals surface area contributed by atoms with E-state index in [-0.39, 0.29) is 11.9 Å². The lowest BCUT2D eigenvalue weighted by molar-refractivity contribution is 0.0758. The molecule has 0 saturated carbocycles. The second-order valence-electron chi connectivity index (χ2n) is 4.12. The fourth-order valence-corrected chi connectivity index (χ4v) is 3.18. The molecule has 0 aliphatic carbocycles. The molecular formula is C12H16FNOS. The minimum atomic E-state index is -0.529. The Labute approximate surface area is 99.5 Å². The zero-order valence-electron chi connectivity index (χ0n) is 9.27. The number of halogens is 1. The van der Waals surface area contributed by atoms with Crippen molar-refractivity contribution in [2.75, 3.05) is 25.1 Å². The summed E-state index contributed by atoms with van der Waals surface area (Å²) in [5.41, 5.74) is 0.792. The maximum atomic E-state index is 12.8. The van der Waals surface area contributed by atoms with Gasteiger partial charge in [-0.05, 0) is 24.7 Å². The molecule has 1 aromatic carbocycles. The maximum absolute atomic E-state index is 12.8. The van der Waals surface area contributed by atoms with Crippen molar-refractivity contribution in [2.45, 2.75) is 12.1 Å². The van der Waals surface area contributed by atoms with E-state index >= 15 is 0 Å². The Balaban J connectivity index is 2.11. The van der Waals surface area contributed by atoms with Crippen LogP contribution >= 0.6 is 11.8 Å². The first-order chi connectivity index (χ1) is 7.68. The van der Waals surface area contributed by atoms with Gasteiger partial charge >= 0.3 is 0 Å². The third-order valence-corrected chi connectivity index (χ3v) is 4.07. The molecule has 1 aliphatic rings. The highest BCUT2D eigenvalue weighted by molar-refractivity contribution is 7.99. The van der Waals surface area contributed by atoms with E-state index in [0.717, 1.165) is 23.6 Å². The number of aliphatic hydroxyl groups excluding tert-OH is 1. The van der Waals surface area contributed by atoms with Gasteiger partial charge in [0.25, 0.3) is 0 Å². The van der Waals surface area contributed by atoms with Crippen molar-refractivity contribution in [2.24, 2.45) is 0 Å². The molecule has 0 spiro atoms.